The van der Waals surface area contributed by atoms with Crippen molar-refractivity contribution in [1.29, 1.82) is 0 Å². The van der Waals surface area contributed by atoms with Gasteiger partial charge in [-0.1, -0.05) is 0 Å². The fourth-order valence-electron chi connectivity index (χ4n) is 3.08. The summed E-state index contributed by atoms with van der Waals surface area (Å²) in [6, 6.07) is 0. The second kappa shape index (κ2) is 6.06. The Morgan fingerprint density at radius 2 is 2.00 bits per heavy atom. The molecule has 0 spiro atoms. The Bertz CT molecular complexity index is 451. The first-order valence-electron chi connectivity index (χ1n) is 7.57. The van der Waals surface area contributed by atoms with Gasteiger partial charge in [-0.2, -0.15) is 0 Å². The van der Waals surface area contributed by atoms with Crippen LogP contribution in [0, 0.1) is 19.8 Å². The Balaban J connectivity index is 1.56. The van der Waals surface area contributed by atoms with Gasteiger partial charge in [0.25, 0.3) is 0 Å². The molecule has 0 amide bonds. The minimum absolute atomic E-state index is 0.740. The number of aryl methyl sites for hydroxylation is 1. The van der Waals surface area contributed by atoms with Crippen LogP contribution in [0.3, 0.4) is 0 Å². The molecule has 5 nitrogen and oxygen atoms in total. The number of rotatable bonds is 3. The number of anilines is 1. The largest absolute Gasteiger partial charge is 0.381 e. The first-order valence-corrected chi connectivity index (χ1v) is 7.57. The van der Waals surface area contributed by atoms with Gasteiger partial charge in [-0.05, 0) is 26.2 Å². The van der Waals surface area contributed by atoms with E-state index in [-0.39, 0.29) is 0 Å². The van der Waals surface area contributed by atoms with Crippen LogP contribution in [-0.2, 0) is 4.74 Å². The van der Waals surface area contributed by atoms with E-state index in [0.717, 1.165) is 56.8 Å². The summed E-state index contributed by atoms with van der Waals surface area (Å²) < 4.78 is 5.46. The molecule has 5 heteroatoms. The van der Waals surface area contributed by atoms with Crippen molar-refractivity contribution in [2.75, 3.05) is 50.8 Å². The summed E-state index contributed by atoms with van der Waals surface area (Å²) in [7, 11) is 0. The highest BCUT2D eigenvalue weighted by molar-refractivity contribution is 5.47. The minimum Gasteiger partial charge on any atom is -0.381 e. The van der Waals surface area contributed by atoms with Crippen LogP contribution in [0.2, 0.25) is 0 Å². The molecular weight excluding hydrogens is 252 g/mol. The molecule has 0 bridgehead atoms. The monoisotopic (exact) mass is 276 g/mol. The molecule has 1 aromatic heterocycles. The third-order valence-electron chi connectivity index (χ3n) is 4.52. The zero-order chi connectivity index (χ0) is 13.9. The highest BCUT2D eigenvalue weighted by atomic mass is 16.5. The van der Waals surface area contributed by atoms with Crippen molar-refractivity contribution in [3.63, 3.8) is 0 Å². The van der Waals surface area contributed by atoms with Crippen molar-refractivity contribution >= 4 is 5.82 Å². The topological polar surface area (TPSA) is 41.5 Å². The maximum Gasteiger partial charge on any atom is 0.135 e. The van der Waals surface area contributed by atoms with E-state index in [1.54, 1.807) is 6.33 Å². The highest BCUT2D eigenvalue weighted by Gasteiger charge is 2.24. The van der Waals surface area contributed by atoms with Crippen molar-refractivity contribution in [3.05, 3.63) is 17.6 Å². The van der Waals surface area contributed by atoms with Gasteiger partial charge >= 0.3 is 0 Å². The average Bonchev–Trinajstić information content (AvgIpc) is 2.96. The predicted octanol–water partition coefficient (Wildman–Crippen LogP) is 1.25. The highest BCUT2D eigenvalue weighted by Crippen LogP contribution is 2.21. The normalized spacial score (nSPS) is 24.3. The number of nitrogens with zero attached hydrogens (tertiary/aromatic N) is 4. The number of hydrogen-bond acceptors (Lipinski definition) is 5. The van der Waals surface area contributed by atoms with Gasteiger partial charge in [-0.15, -0.1) is 0 Å². The molecule has 0 radical (unpaired) electrons. The van der Waals surface area contributed by atoms with Crippen molar-refractivity contribution in [1.82, 2.24) is 14.9 Å². The zero-order valence-electron chi connectivity index (χ0n) is 12.5. The summed E-state index contributed by atoms with van der Waals surface area (Å²) in [5.41, 5.74) is 2.30. The van der Waals surface area contributed by atoms with Gasteiger partial charge in [0, 0.05) is 50.6 Å². The fourth-order valence-corrected chi connectivity index (χ4v) is 3.08. The molecule has 3 rings (SSSR count). The van der Waals surface area contributed by atoms with Crippen LogP contribution in [0.5, 0.6) is 0 Å². The molecule has 2 fully saturated rings. The number of ether oxygens (including phenoxy) is 1. The molecule has 0 aromatic carbocycles. The number of aromatic nitrogens is 2. The first-order chi connectivity index (χ1) is 9.74. The molecule has 1 atom stereocenters. The number of piperazine rings is 1. The van der Waals surface area contributed by atoms with E-state index < -0.39 is 0 Å². The van der Waals surface area contributed by atoms with Crippen LogP contribution < -0.4 is 4.90 Å². The maximum absolute atomic E-state index is 5.46. The molecular formula is C15H24N4O. The van der Waals surface area contributed by atoms with Gasteiger partial charge in [0.1, 0.15) is 12.1 Å². The molecule has 2 saturated heterocycles. The van der Waals surface area contributed by atoms with Crippen LogP contribution in [0.4, 0.5) is 5.82 Å². The van der Waals surface area contributed by atoms with E-state index in [0.29, 0.717) is 0 Å². The second-order valence-corrected chi connectivity index (χ2v) is 5.92. The second-order valence-electron chi connectivity index (χ2n) is 5.92. The molecule has 2 aliphatic heterocycles. The molecule has 0 N–H and O–H groups in total. The van der Waals surface area contributed by atoms with Crippen molar-refractivity contribution in [3.8, 4) is 0 Å². The van der Waals surface area contributed by atoms with Crippen molar-refractivity contribution in [2.45, 2.75) is 20.3 Å². The smallest absolute Gasteiger partial charge is 0.135 e. The van der Waals surface area contributed by atoms with Gasteiger partial charge in [0.2, 0.25) is 0 Å². The summed E-state index contributed by atoms with van der Waals surface area (Å²) in [4.78, 5) is 13.7. The molecule has 0 saturated carbocycles. The zero-order valence-corrected chi connectivity index (χ0v) is 12.5. The third kappa shape index (κ3) is 2.94. The van der Waals surface area contributed by atoms with E-state index >= 15 is 0 Å². The Hall–Kier alpha value is -1.20. The van der Waals surface area contributed by atoms with E-state index in [2.05, 4.69) is 33.6 Å². The van der Waals surface area contributed by atoms with Crippen molar-refractivity contribution in [2.24, 2.45) is 5.92 Å². The summed E-state index contributed by atoms with van der Waals surface area (Å²) >= 11 is 0. The molecule has 3 heterocycles. The van der Waals surface area contributed by atoms with Crippen LogP contribution in [0.15, 0.2) is 6.33 Å². The third-order valence-corrected chi connectivity index (χ3v) is 4.52. The lowest BCUT2D eigenvalue weighted by atomic mass is 10.1. The first kappa shape index (κ1) is 13.8. The molecule has 0 aliphatic carbocycles. The van der Waals surface area contributed by atoms with Crippen LogP contribution in [0.1, 0.15) is 17.7 Å². The van der Waals surface area contributed by atoms with E-state index in [1.807, 2.05) is 0 Å². The summed E-state index contributed by atoms with van der Waals surface area (Å²) in [5, 5.41) is 0. The minimum atomic E-state index is 0.740. The Kier molecular flexibility index (Phi) is 4.17. The van der Waals surface area contributed by atoms with E-state index in [1.165, 1.54) is 18.5 Å². The van der Waals surface area contributed by atoms with E-state index in [4.69, 9.17) is 4.74 Å². The Morgan fingerprint density at radius 1 is 1.20 bits per heavy atom. The lowest BCUT2D eigenvalue weighted by Crippen LogP contribution is -2.48. The molecule has 110 valence electrons. The van der Waals surface area contributed by atoms with E-state index in [9.17, 15) is 0 Å². The van der Waals surface area contributed by atoms with Crippen LogP contribution in [0.25, 0.3) is 0 Å². The molecule has 2 aliphatic rings. The molecule has 0 unspecified atom stereocenters. The van der Waals surface area contributed by atoms with Gasteiger partial charge in [-0.25, -0.2) is 9.97 Å². The Morgan fingerprint density at radius 3 is 2.70 bits per heavy atom. The average molecular weight is 276 g/mol. The Labute approximate surface area is 121 Å². The van der Waals surface area contributed by atoms with Gasteiger partial charge in [0.05, 0.1) is 6.61 Å². The van der Waals surface area contributed by atoms with Crippen molar-refractivity contribution < 1.29 is 4.74 Å². The molecule has 20 heavy (non-hydrogen) atoms. The lowest BCUT2D eigenvalue weighted by Gasteiger charge is -2.37. The summed E-state index contributed by atoms with van der Waals surface area (Å²) in [5.74, 6) is 1.85. The molecule has 1 aromatic rings. The van der Waals surface area contributed by atoms with Gasteiger partial charge in [-0.3, -0.25) is 4.90 Å². The quantitative estimate of drug-likeness (QED) is 0.831. The standard InChI is InChI=1S/C15H24N4O/c1-12-13(2)16-11-17-15(12)19-6-4-18(5-7-19)9-14-3-8-20-10-14/h11,14H,3-10H2,1-2H3/t14-/m0/s1. The fraction of sp³-hybridized carbons (Fsp3) is 0.733. The SMILES string of the molecule is Cc1ncnc(N2CCN(C[C@@H]3CCOC3)CC2)c1C. The van der Waals surface area contributed by atoms with Gasteiger partial charge < -0.3 is 9.64 Å². The lowest BCUT2D eigenvalue weighted by molar-refractivity contribution is 0.164. The maximum atomic E-state index is 5.46. The van der Waals surface area contributed by atoms with Crippen LogP contribution in [-0.4, -0.2) is 60.8 Å². The van der Waals surface area contributed by atoms with Crippen LogP contribution >= 0.6 is 0 Å². The predicted molar refractivity (Wildman–Crippen MR) is 79.1 cm³/mol. The summed E-state index contributed by atoms with van der Waals surface area (Å²) in [6.07, 6.45) is 2.91. The number of hydrogen-bond donors (Lipinski definition) is 0. The summed E-state index contributed by atoms with van der Waals surface area (Å²) in [6.45, 7) is 11.6. The van der Waals surface area contributed by atoms with Gasteiger partial charge in [0.15, 0.2) is 0 Å².